The highest BCUT2D eigenvalue weighted by atomic mass is 16.6. The zero-order chi connectivity index (χ0) is 34.9. The van der Waals surface area contributed by atoms with Gasteiger partial charge in [-0.15, -0.1) is 0 Å². The Hall–Kier alpha value is -0.970. The maximum Gasteiger partial charge on any atom is 0.305 e. The molecule has 0 aliphatic rings. The highest BCUT2D eigenvalue weighted by Crippen LogP contribution is 2.05. The van der Waals surface area contributed by atoms with Gasteiger partial charge in [0.05, 0.1) is 139 Å². The standard InChI is InChI=1S/C35H70O13/c1-4-6-7-8-9-10-35(36)48-32-31-46-28-27-44-24-23-42-20-19-40-16-15-38-12-11-37-13-14-39-17-18-41-21-22-43-25-26-45-29-30-47-33-34(3)5-2/h34H,4-33H2,1-3H3. The summed E-state index contributed by atoms with van der Waals surface area (Å²) < 4.78 is 65.4. The van der Waals surface area contributed by atoms with E-state index in [1.807, 2.05) is 0 Å². The van der Waals surface area contributed by atoms with Gasteiger partial charge in [-0.25, -0.2) is 0 Å². The Morgan fingerprint density at radius 3 is 1.00 bits per heavy atom. The second-order valence-corrected chi connectivity index (χ2v) is 11.1. The number of hydrogen-bond donors (Lipinski definition) is 0. The molecule has 0 saturated heterocycles. The van der Waals surface area contributed by atoms with Gasteiger partial charge in [0.25, 0.3) is 0 Å². The van der Waals surface area contributed by atoms with Gasteiger partial charge in [-0.05, 0) is 12.3 Å². The predicted octanol–water partition coefficient (Wildman–Crippen LogP) is 4.12. The van der Waals surface area contributed by atoms with Crippen LogP contribution in [0.2, 0.25) is 0 Å². The summed E-state index contributed by atoms with van der Waals surface area (Å²) >= 11 is 0. The van der Waals surface area contributed by atoms with Gasteiger partial charge in [-0.2, -0.15) is 0 Å². The summed E-state index contributed by atoms with van der Waals surface area (Å²) in [5, 5.41) is 0. The lowest BCUT2D eigenvalue weighted by atomic mass is 10.1. The van der Waals surface area contributed by atoms with Crippen LogP contribution in [0.25, 0.3) is 0 Å². The summed E-state index contributed by atoms with van der Waals surface area (Å²) in [6.07, 6.45) is 7.21. The second kappa shape index (κ2) is 42.2. The minimum atomic E-state index is -0.146. The largest absolute Gasteiger partial charge is 0.463 e. The van der Waals surface area contributed by atoms with Crippen molar-refractivity contribution < 1.29 is 61.6 Å². The molecule has 0 bridgehead atoms. The summed E-state index contributed by atoms with van der Waals surface area (Å²) in [6, 6.07) is 0. The average molecular weight is 699 g/mol. The minimum Gasteiger partial charge on any atom is -0.463 e. The average Bonchev–Trinajstić information content (AvgIpc) is 3.09. The van der Waals surface area contributed by atoms with E-state index < -0.39 is 0 Å². The Morgan fingerprint density at radius 1 is 0.396 bits per heavy atom. The van der Waals surface area contributed by atoms with Crippen LogP contribution >= 0.6 is 0 Å². The van der Waals surface area contributed by atoms with Crippen molar-refractivity contribution in [3.05, 3.63) is 0 Å². The third kappa shape index (κ3) is 41.2. The Kier molecular flexibility index (Phi) is 41.3. The van der Waals surface area contributed by atoms with E-state index >= 15 is 0 Å². The highest BCUT2D eigenvalue weighted by molar-refractivity contribution is 5.69. The van der Waals surface area contributed by atoms with Gasteiger partial charge in [0.2, 0.25) is 0 Å². The topological polar surface area (TPSA) is 128 Å². The first-order valence-electron chi connectivity index (χ1n) is 18.2. The monoisotopic (exact) mass is 698 g/mol. The van der Waals surface area contributed by atoms with Crippen LogP contribution in [0, 0.1) is 5.92 Å². The van der Waals surface area contributed by atoms with Crippen molar-refractivity contribution in [1.29, 1.82) is 0 Å². The van der Waals surface area contributed by atoms with Crippen molar-refractivity contribution in [3.63, 3.8) is 0 Å². The van der Waals surface area contributed by atoms with Gasteiger partial charge in [-0.3, -0.25) is 4.79 Å². The van der Waals surface area contributed by atoms with Crippen LogP contribution in [0.4, 0.5) is 0 Å². The Balaban J connectivity index is 3.09. The van der Waals surface area contributed by atoms with Gasteiger partial charge in [0.15, 0.2) is 0 Å². The molecule has 0 aromatic carbocycles. The molecule has 0 aliphatic carbocycles. The normalized spacial score (nSPS) is 12.1. The van der Waals surface area contributed by atoms with Crippen molar-refractivity contribution in [2.24, 2.45) is 5.92 Å². The van der Waals surface area contributed by atoms with Gasteiger partial charge in [-0.1, -0.05) is 52.9 Å². The molecule has 0 aromatic rings. The number of ether oxygens (including phenoxy) is 12. The number of carbonyl (C=O) groups is 1. The molecule has 13 nitrogen and oxygen atoms in total. The van der Waals surface area contributed by atoms with Crippen LogP contribution in [0.3, 0.4) is 0 Å². The molecule has 0 N–H and O–H groups in total. The van der Waals surface area contributed by atoms with E-state index in [-0.39, 0.29) is 12.6 Å². The molecular formula is C35H70O13. The maximum absolute atomic E-state index is 11.6. The maximum atomic E-state index is 11.6. The summed E-state index contributed by atoms with van der Waals surface area (Å²) in [5.41, 5.74) is 0. The molecule has 0 aliphatic heterocycles. The van der Waals surface area contributed by atoms with Gasteiger partial charge in [0, 0.05) is 13.0 Å². The number of rotatable bonds is 42. The summed E-state index contributed by atoms with van der Waals surface area (Å²) in [6.45, 7) is 18.3. The predicted molar refractivity (Wildman–Crippen MR) is 183 cm³/mol. The zero-order valence-corrected chi connectivity index (χ0v) is 30.6. The Morgan fingerprint density at radius 2 is 0.688 bits per heavy atom. The lowest BCUT2D eigenvalue weighted by Crippen LogP contribution is -2.15. The number of hydrogen-bond acceptors (Lipinski definition) is 13. The molecule has 288 valence electrons. The fourth-order valence-electron chi connectivity index (χ4n) is 3.76. The lowest BCUT2D eigenvalue weighted by molar-refractivity contribution is -0.145. The quantitative estimate of drug-likeness (QED) is 0.0671. The molecule has 0 spiro atoms. The SMILES string of the molecule is CCCCCCCC(=O)OCCOCCOCCOCCOCCOCCOCCOCCOCCOCCOCCOCC(C)CC. The molecule has 1 unspecified atom stereocenters. The number of carbonyl (C=O) groups excluding carboxylic acids is 1. The van der Waals surface area contributed by atoms with Crippen LogP contribution in [0.5, 0.6) is 0 Å². The molecule has 1 atom stereocenters. The van der Waals surface area contributed by atoms with Crippen LogP contribution in [-0.2, 0) is 61.6 Å². The lowest BCUT2D eigenvalue weighted by Gasteiger charge is -2.10. The van der Waals surface area contributed by atoms with Gasteiger partial charge >= 0.3 is 5.97 Å². The zero-order valence-electron chi connectivity index (χ0n) is 30.6. The molecule has 0 rings (SSSR count). The fraction of sp³-hybridized carbons (Fsp3) is 0.971. The fourth-order valence-corrected chi connectivity index (χ4v) is 3.76. The van der Waals surface area contributed by atoms with Crippen molar-refractivity contribution >= 4 is 5.97 Å². The van der Waals surface area contributed by atoms with Gasteiger partial charge < -0.3 is 56.8 Å². The van der Waals surface area contributed by atoms with Gasteiger partial charge in [0.1, 0.15) is 6.61 Å². The summed E-state index contributed by atoms with van der Waals surface area (Å²) in [7, 11) is 0. The van der Waals surface area contributed by atoms with E-state index in [4.69, 9.17) is 56.8 Å². The Bertz CT molecular complexity index is 615. The van der Waals surface area contributed by atoms with Crippen molar-refractivity contribution in [2.75, 3.05) is 152 Å². The molecule has 0 radical (unpaired) electrons. The molecule has 0 saturated carbocycles. The number of unbranched alkanes of at least 4 members (excludes halogenated alkanes) is 4. The first kappa shape index (κ1) is 47.0. The van der Waals surface area contributed by atoms with Crippen LogP contribution in [-0.4, -0.2) is 158 Å². The van der Waals surface area contributed by atoms with Crippen LogP contribution < -0.4 is 0 Å². The first-order valence-corrected chi connectivity index (χ1v) is 18.2. The molecule has 0 amide bonds. The summed E-state index contributed by atoms with van der Waals surface area (Å²) in [5.74, 6) is 0.449. The summed E-state index contributed by atoms with van der Waals surface area (Å²) in [4.78, 5) is 11.6. The first-order chi connectivity index (χ1) is 23.7. The Labute approximate surface area is 291 Å². The van der Waals surface area contributed by atoms with Crippen molar-refractivity contribution in [1.82, 2.24) is 0 Å². The second-order valence-electron chi connectivity index (χ2n) is 11.1. The highest BCUT2D eigenvalue weighted by Gasteiger charge is 2.03. The van der Waals surface area contributed by atoms with E-state index in [1.54, 1.807) is 0 Å². The van der Waals surface area contributed by atoms with Crippen molar-refractivity contribution in [2.45, 2.75) is 65.7 Å². The van der Waals surface area contributed by atoms with E-state index in [0.29, 0.717) is 151 Å². The van der Waals surface area contributed by atoms with E-state index in [1.165, 1.54) is 19.3 Å². The minimum absolute atomic E-state index is 0.146. The molecule has 13 heteroatoms. The number of esters is 1. The molecule has 0 aromatic heterocycles. The van der Waals surface area contributed by atoms with E-state index in [2.05, 4.69) is 20.8 Å². The third-order valence-corrected chi connectivity index (χ3v) is 6.79. The van der Waals surface area contributed by atoms with E-state index in [0.717, 1.165) is 25.9 Å². The third-order valence-electron chi connectivity index (χ3n) is 6.79. The van der Waals surface area contributed by atoms with Crippen LogP contribution in [0.1, 0.15) is 65.7 Å². The van der Waals surface area contributed by atoms with Crippen molar-refractivity contribution in [3.8, 4) is 0 Å². The molecule has 0 fully saturated rings. The molecular weight excluding hydrogens is 628 g/mol. The van der Waals surface area contributed by atoms with E-state index in [9.17, 15) is 4.79 Å². The smallest absolute Gasteiger partial charge is 0.305 e. The molecule has 48 heavy (non-hydrogen) atoms. The molecule has 0 heterocycles. The van der Waals surface area contributed by atoms with Crippen LogP contribution in [0.15, 0.2) is 0 Å².